The lowest BCUT2D eigenvalue weighted by Gasteiger charge is -2.15. The summed E-state index contributed by atoms with van der Waals surface area (Å²) in [4.78, 5) is 24.1. The second kappa shape index (κ2) is 9.84. The molecule has 0 bridgehead atoms. The van der Waals surface area contributed by atoms with Crippen molar-refractivity contribution in [2.45, 2.75) is 30.8 Å². The summed E-state index contributed by atoms with van der Waals surface area (Å²) in [6.45, 7) is 1.20. The molecule has 9 heteroatoms. The normalized spacial score (nSPS) is 11.2. The zero-order chi connectivity index (χ0) is 20.7. The van der Waals surface area contributed by atoms with E-state index in [0.717, 1.165) is 17.0 Å². The Morgan fingerprint density at radius 1 is 1.07 bits per heavy atom. The molecule has 0 saturated heterocycles. The maximum atomic E-state index is 13.3. The van der Waals surface area contributed by atoms with Gasteiger partial charge in [-0.3, -0.25) is 9.59 Å². The fraction of sp³-hybridized carbons (Fsp3) is 0.263. The van der Waals surface area contributed by atoms with Gasteiger partial charge < -0.3 is 10.6 Å². The van der Waals surface area contributed by atoms with E-state index in [4.69, 9.17) is 11.6 Å². The highest BCUT2D eigenvalue weighted by Gasteiger charge is 2.34. The number of benzene rings is 2. The second-order valence-electron chi connectivity index (χ2n) is 5.89. The van der Waals surface area contributed by atoms with Gasteiger partial charge in [0.15, 0.2) is 0 Å². The van der Waals surface area contributed by atoms with Crippen LogP contribution in [0.4, 0.5) is 24.5 Å². The molecule has 2 amide bonds. The van der Waals surface area contributed by atoms with Crippen molar-refractivity contribution in [1.82, 2.24) is 0 Å². The predicted molar refractivity (Wildman–Crippen MR) is 106 cm³/mol. The molecule has 150 valence electrons. The molecule has 0 aliphatic heterocycles. The van der Waals surface area contributed by atoms with Gasteiger partial charge in [0.1, 0.15) is 0 Å². The third-order valence-electron chi connectivity index (χ3n) is 3.55. The first-order valence-corrected chi connectivity index (χ1v) is 9.68. The molecular weight excluding hydrogens is 413 g/mol. The number of anilines is 2. The van der Waals surface area contributed by atoms with Gasteiger partial charge in [0.2, 0.25) is 11.8 Å². The minimum Gasteiger partial charge on any atom is -0.326 e. The number of nitrogens with one attached hydrogen (secondary N) is 2. The summed E-state index contributed by atoms with van der Waals surface area (Å²) in [5.41, 5.74) is -1.34. The van der Waals surface area contributed by atoms with Gasteiger partial charge in [0.05, 0.1) is 11.3 Å². The first-order chi connectivity index (χ1) is 13.1. The number of rotatable bonds is 7. The zero-order valence-corrected chi connectivity index (χ0v) is 16.5. The summed E-state index contributed by atoms with van der Waals surface area (Å²) in [7, 11) is 0. The molecule has 0 heterocycles. The lowest BCUT2D eigenvalue weighted by molar-refractivity contribution is -0.137. The number of carbonyl (C=O) groups excluding carboxylic acids is 2. The SMILES string of the molecule is CC(=O)Nc1ccc(NC(=O)CCCSc2ccc(Cl)cc2)c(C(F)(F)F)c1. The van der Waals surface area contributed by atoms with E-state index in [1.54, 1.807) is 12.1 Å². The van der Waals surface area contributed by atoms with E-state index in [2.05, 4.69) is 10.6 Å². The van der Waals surface area contributed by atoms with E-state index >= 15 is 0 Å². The van der Waals surface area contributed by atoms with Crippen LogP contribution in [0.3, 0.4) is 0 Å². The Hall–Kier alpha value is -2.19. The van der Waals surface area contributed by atoms with Crippen molar-refractivity contribution >= 4 is 46.6 Å². The fourth-order valence-corrected chi connectivity index (χ4v) is 3.31. The van der Waals surface area contributed by atoms with Crippen LogP contribution >= 0.6 is 23.4 Å². The molecule has 4 nitrogen and oxygen atoms in total. The molecule has 0 unspecified atom stereocenters. The third-order valence-corrected chi connectivity index (χ3v) is 4.90. The Balaban J connectivity index is 1.93. The van der Waals surface area contributed by atoms with Crippen molar-refractivity contribution in [2.75, 3.05) is 16.4 Å². The smallest absolute Gasteiger partial charge is 0.326 e. The van der Waals surface area contributed by atoms with E-state index in [-0.39, 0.29) is 17.8 Å². The zero-order valence-electron chi connectivity index (χ0n) is 14.9. The lowest BCUT2D eigenvalue weighted by Crippen LogP contribution is -2.17. The highest BCUT2D eigenvalue weighted by Crippen LogP contribution is 2.36. The quantitative estimate of drug-likeness (QED) is 0.429. The van der Waals surface area contributed by atoms with Crippen LogP contribution in [0.2, 0.25) is 5.02 Å². The number of alkyl halides is 3. The van der Waals surface area contributed by atoms with Crippen LogP contribution in [0.1, 0.15) is 25.3 Å². The van der Waals surface area contributed by atoms with Gasteiger partial charge in [-0.25, -0.2) is 0 Å². The predicted octanol–water partition coefficient (Wildman–Crippen LogP) is 5.83. The van der Waals surface area contributed by atoms with E-state index in [1.165, 1.54) is 24.8 Å². The molecule has 0 aliphatic carbocycles. The van der Waals surface area contributed by atoms with Crippen LogP contribution in [0.25, 0.3) is 0 Å². The van der Waals surface area contributed by atoms with Crippen LogP contribution in [0.5, 0.6) is 0 Å². The first kappa shape index (κ1) is 22.1. The molecule has 2 rings (SSSR count). The van der Waals surface area contributed by atoms with Gasteiger partial charge in [-0.2, -0.15) is 13.2 Å². The number of hydrogen-bond acceptors (Lipinski definition) is 3. The van der Waals surface area contributed by atoms with Gasteiger partial charge in [-0.1, -0.05) is 11.6 Å². The Morgan fingerprint density at radius 2 is 1.75 bits per heavy atom. The van der Waals surface area contributed by atoms with Gasteiger partial charge in [-0.05, 0) is 54.6 Å². The molecule has 0 fully saturated rings. The van der Waals surface area contributed by atoms with Crippen LogP contribution in [-0.4, -0.2) is 17.6 Å². The summed E-state index contributed by atoms with van der Waals surface area (Å²) in [5.74, 6) is -0.347. The van der Waals surface area contributed by atoms with Crippen LogP contribution < -0.4 is 10.6 Å². The number of amides is 2. The Labute approximate surface area is 169 Å². The maximum Gasteiger partial charge on any atom is 0.418 e. The number of thioether (sulfide) groups is 1. The van der Waals surface area contributed by atoms with Gasteiger partial charge in [0.25, 0.3) is 0 Å². The highest BCUT2D eigenvalue weighted by molar-refractivity contribution is 7.99. The lowest BCUT2D eigenvalue weighted by atomic mass is 10.1. The largest absolute Gasteiger partial charge is 0.418 e. The molecule has 2 aromatic carbocycles. The topological polar surface area (TPSA) is 58.2 Å². The summed E-state index contributed by atoms with van der Waals surface area (Å²) < 4.78 is 39.8. The molecular formula is C19H18ClF3N2O2S. The van der Waals surface area contributed by atoms with E-state index in [1.807, 2.05) is 12.1 Å². The van der Waals surface area contributed by atoms with Crippen molar-refractivity contribution in [1.29, 1.82) is 0 Å². The number of carbonyl (C=O) groups is 2. The molecule has 0 aromatic heterocycles. The molecule has 2 N–H and O–H groups in total. The number of halogens is 4. The Morgan fingerprint density at radius 3 is 2.36 bits per heavy atom. The van der Waals surface area contributed by atoms with E-state index in [9.17, 15) is 22.8 Å². The Kier molecular flexibility index (Phi) is 7.77. The van der Waals surface area contributed by atoms with Gasteiger partial charge >= 0.3 is 6.18 Å². The van der Waals surface area contributed by atoms with Crippen molar-refractivity contribution in [2.24, 2.45) is 0 Å². The van der Waals surface area contributed by atoms with Crippen LogP contribution in [-0.2, 0) is 15.8 Å². The van der Waals surface area contributed by atoms with Crippen molar-refractivity contribution < 1.29 is 22.8 Å². The fourth-order valence-electron chi connectivity index (χ4n) is 2.34. The maximum absolute atomic E-state index is 13.3. The molecule has 28 heavy (non-hydrogen) atoms. The van der Waals surface area contributed by atoms with Crippen LogP contribution in [0, 0.1) is 0 Å². The second-order valence-corrected chi connectivity index (χ2v) is 7.50. The molecule has 0 atom stereocenters. The molecule has 0 saturated carbocycles. The summed E-state index contributed by atoms with van der Waals surface area (Å²) >= 11 is 7.34. The van der Waals surface area contributed by atoms with Crippen LogP contribution in [0.15, 0.2) is 47.4 Å². The average molecular weight is 431 g/mol. The number of hydrogen-bond donors (Lipinski definition) is 2. The van der Waals surface area contributed by atoms with Crippen molar-refractivity contribution in [3.05, 3.63) is 53.1 Å². The summed E-state index contributed by atoms with van der Waals surface area (Å²) in [6, 6.07) is 10.5. The summed E-state index contributed by atoms with van der Waals surface area (Å²) in [5, 5.41) is 5.23. The van der Waals surface area contributed by atoms with Gasteiger partial charge in [0, 0.05) is 29.0 Å². The van der Waals surface area contributed by atoms with Gasteiger partial charge in [-0.15, -0.1) is 11.8 Å². The first-order valence-electron chi connectivity index (χ1n) is 8.32. The molecule has 0 spiro atoms. The Bertz CT molecular complexity index is 842. The molecule has 2 aromatic rings. The third kappa shape index (κ3) is 7.09. The minimum absolute atomic E-state index is 0.0113. The molecule has 0 aliphatic rings. The average Bonchev–Trinajstić information content (AvgIpc) is 2.60. The minimum atomic E-state index is -4.67. The standard InChI is InChI=1S/C19H18ClF3N2O2S/c1-12(26)24-14-6-9-17(16(11-14)19(21,22)23)25-18(27)3-2-10-28-15-7-4-13(20)5-8-15/h4-9,11H,2-3,10H2,1H3,(H,24,26)(H,25,27). The van der Waals surface area contributed by atoms with Crippen molar-refractivity contribution in [3.8, 4) is 0 Å². The van der Waals surface area contributed by atoms with E-state index < -0.39 is 23.6 Å². The van der Waals surface area contributed by atoms with E-state index in [0.29, 0.717) is 17.2 Å². The van der Waals surface area contributed by atoms with Crippen molar-refractivity contribution in [3.63, 3.8) is 0 Å². The summed E-state index contributed by atoms with van der Waals surface area (Å²) in [6.07, 6.45) is -4.07. The highest BCUT2D eigenvalue weighted by atomic mass is 35.5. The monoisotopic (exact) mass is 430 g/mol. The molecule has 0 radical (unpaired) electrons.